The van der Waals surface area contributed by atoms with Gasteiger partial charge in [-0.15, -0.1) is 0 Å². The van der Waals surface area contributed by atoms with Crippen molar-refractivity contribution in [1.29, 1.82) is 0 Å². The molecule has 2 amide bonds. The first-order valence-electron chi connectivity index (χ1n) is 12.2. The molecule has 0 radical (unpaired) electrons. The number of carbonyl (C=O) groups excluding carboxylic acids is 2. The Kier molecular flexibility index (Phi) is 8.53. The van der Waals surface area contributed by atoms with Gasteiger partial charge in [-0.05, 0) is 67.9 Å². The number of nitrogens with one attached hydrogen (secondary N) is 2. The molecule has 0 spiro atoms. The third-order valence-corrected chi connectivity index (χ3v) is 7.65. The summed E-state index contributed by atoms with van der Waals surface area (Å²) in [6.45, 7) is 3.10. The highest BCUT2D eigenvalue weighted by atomic mass is 32.2. The normalized spacial score (nSPS) is 11.5. The van der Waals surface area contributed by atoms with Crippen LogP contribution in [0.2, 0.25) is 0 Å². The SMILES string of the molecule is C/C(=N/NC(=O)CN(c1ccccc1)S(=O)(=O)c1ccc(C)cc1)c1cccc(NC(=O)c2ccccc2)c1. The van der Waals surface area contributed by atoms with Gasteiger partial charge in [0.05, 0.1) is 16.3 Å². The second kappa shape index (κ2) is 12.2. The van der Waals surface area contributed by atoms with Crippen LogP contribution >= 0.6 is 0 Å². The molecule has 4 aromatic rings. The molecule has 0 aromatic heterocycles. The smallest absolute Gasteiger partial charge is 0.264 e. The number of sulfonamides is 1. The molecule has 9 heteroatoms. The lowest BCUT2D eigenvalue weighted by molar-refractivity contribution is -0.119. The minimum atomic E-state index is -4.01. The molecule has 4 aromatic carbocycles. The Bertz CT molecular complexity index is 1590. The van der Waals surface area contributed by atoms with E-state index in [1.54, 1.807) is 97.9 Å². The van der Waals surface area contributed by atoms with Crippen LogP contribution in [0.3, 0.4) is 0 Å². The summed E-state index contributed by atoms with van der Waals surface area (Å²) in [5.41, 5.74) is 5.99. The van der Waals surface area contributed by atoms with Gasteiger partial charge in [0.15, 0.2) is 0 Å². The molecular formula is C30H28N4O4S. The van der Waals surface area contributed by atoms with Crippen molar-refractivity contribution in [3.8, 4) is 0 Å². The van der Waals surface area contributed by atoms with Gasteiger partial charge < -0.3 is 5.32 Å². The zero-order valence-corrected chi connectivity index (χ0v) is 22.4. The van der Waals surface area contributed by atoms with Crippen molar-refractivity contribution >= 4 is 38.9 Å². The van der Waals surface area contributed by atoms with Crippen LogP contribution in [0, 0.1) is 6.92 Å². The molecule has 0 saturated heterocycles. The molecule has 0 heterocycles. The lowest BCUT2D eigenvalue weighted by atomic mass is 10.1. The predicted octanol–water partition coefficient (Wildman–Crippen LogP) is 4.98. The third kappa shape index (κ3) is 6.97. The van der Waals surface area contributed by atoms with E-state index >= 15 is 0 Å². The van der Waals surface area contributed by atoms with Gasteiger partial charge in [-0.25, -0.2) is 13.8 Å². The summed E-state index contributed by atoms with van der Waals surface area (Å²) >= 11 is 0. The molecule has 0 aliphatic heterocycles. The quantitative estimate of drug-likeness (QED) is 0.231. The van der Waals surface area contributed by atoms with E-state index in [9.17, 15) is 18.0 Å². The summed E-state index contributed by atoms with van der Waals surface area (Å²) in [5.74, 6) is -0.853. The Morgan fingerprint density at radius 3 is 2.08 bits per heavy atom. The number of carbonyl (C=O) groups is 2. The van der Waals surface area contributed by atoms with Gasteiger partial charge in [0, 0.05) is 11.3 Å². The van der Waals surface area contributed by atoms with E-state index < -0.39 is 22.5 Å². The molecule has 0 unspecified atom stereocenters. The standard InChI is InChI=1S/C30H28N4O4S/c1-22-16-18-28(19-17-22)39(37,38)34(27-14-7-4-8-15-27)21-29(35)33-32-23(2)25-12-9-13-26(20-25)31-30(36)24-10-5-3-6-11-24/h3-20H,21H2,1-2H3,(H,31,36)(H,33,35)/b32-23-. The first kappa shape index (κ1) is 27.3. The number of rotatable bonds is 9. The monoisotopic (exact) mass is 540 g/mol. The van der Waals surface area contributed by atoms with E-state index in [0.29, 0.717) is 28.2 Å². The Morgan fingerprint density at radius 2 is 1.41 bits per heavy atom. The number of amides is 2. The summed E-state index contributed by atoms with van der Waals surface area (Å²) in [5, 5.41) is 7.01. The Hall–Kier alpha value is -4.76. The van der Waals surface area contributed by atoms with E-state index in [-0.39, 0.29) is 10.8 Å². The second-order valence-electron chi connectivity index (χ2n) is 8.79. The van der Waals surface area contributed by atoms with Gasteiger partial charge in [-0.2, -0.15) is 5.10 Å². The molecule has 198 valence electrons. The van der Waals surface area contributed by atoms with Crippen LogP contribution in [0.1, 0.15) is 28.4 Å². The number of hydrogen-bond acceptors (Lipinski definition) is 5. The van der Waals surface area contributed by atoms with Crippen molar-refractivity contribution in [2.45, 2.75) is 18.7 Å². The maximum atomic E-state index is 13.4. The van der Waals surface area contributed by atoms with Gasteiger partial charge in [-0.1, -0.05) is 66.2 Å². The summed E-state index contributed by atoms with van der Waals surface area (Å²) in [4.78, 5) is 25.4. The van der Waals surface area contributed by atoms with Gasteiger partial charge in [0.25, 0.3) is 21.8 Å². The highest BCUT2D eigenvalue weighted by molar-refractivity contribution is 7.92. The number of hydrogen-bond donors (Lipinski definition) is 2. The fraction of sp³-hybridized carbons (Fsp3) is 0.100. The van der Waals surface area contributed by atoms with Crippen LogP contribution < -0.4 is 15.0 Å². The number of benzene rings is 4. The second-order valence-corrected chi connectivity index (χ2v) is 10.7. The van der Waals surface area contributed by atoms with Gasteiger partial charge in [0.1, 0.15) is 6.54 Å². The predicted molar refractivity (Wildman–Crippen MR) is 153 cm³/mol. The maximum Gasteiger partial charge on any atom is 0.264 e. The first-order valence-corrected chi connectivity index (χ1v) is 13.6. The van der Waals surface area contributed by atoms with Crippen molar-refractivity contribution in [1.82, 2.24) is 5.43 Å². The zero-order valence-electron chi connectivity index (χ0n) is 21.5. The minimum absolute atomic E-state index is 0.0822. The van der Waals surface area contributed by atoms with Crippen LogP contribution in [0.5, 0.6) is 0 Å². The number of aryl methyl sites for hydroxylation is 1. The highest BCUT2D eigenvalue weighted by Gasteiger charge is 2.27. The Morgan fingerprint density at radius 1 is 0.795 bits per heavy atom. The van der Waals surface area contributed by atoms with Crippen LogP contribution in [-0.4, -0.2) is 32.5 Å². The fourth-order valence-electron chi connectivity index (χ4n) is 3.74. The van der Waals surface area contributed by atoms with Crippen LogP contribution in [-0.2, 0) is 14.8 Å². The minimum Gasteiger partial charge on any atom is -0.322 e. The summed E-state index contributed by atoms with van der Waals surface area (Å²) in [6, 6.07) is 30.8. The number of anilines is 2. The highest BCUT2D eigenvalue weighted by Crippen LogP contribution is 2.23. The van der Waals surface area contributed by atoms with Crippen molar-refractivity contribution in [3.63, 3.8) is 0 Å². The Labute approximate surface area is 228 Å². The molecule has 0 fully saturated rings. The molecule has 0 saturated carbocycles. The number of hydrazone groups is 1. The molecule has 0 bridgehead atoms. The van der Waals surface area contributed by atoms with Crippen LogP contribution in [0.25, 0.3) is 0 Å². The molecule has 39 heavy (non-hydrogen) atoms. The summed E-state index contributed by atoms with van der Waals surface area (Å²) in [7, 11) is -4.01. The zero-order chi connectivity index (χ0) is 27.8. The van der Waals surface area contributed by atoms with Gasteiger partial charge >= 0.3 is 0 Å². The number of para-hydroxylation sites is 1. The molecule has 0 atom stereocenters. The topological polar surface area (TPSA) is 108 Å². The Balaban J connectivity index is 1.49. The van der Waals surface area contributed by atoms with E-state index in [4.69, 9.17) is 0 Å². The van der Waals surface area contributed by atoms with E-state index in [1.807, 2.05) is 13.0 Å². The molecule has 2 N–H and O–H groups in total. The van der Waals surface area contributed by atoms with E-state index in [0.717, 1.165) is 9.87 Å². The first-order chi connectivity index (χ1) is 18.7. The van der Waals surface area contributed by atoms with Crippen molar-refractivity contribution < 1.29 is 18.0 Å². The lowest BCUT2D eigenvalue weighted by Gasteiger charge is -2.23. The van der Waals surface area contributed by atoms with Crippen molar-refractivity contribution in [2.75, 3.05) is 16.2 Å². The fourth-order valence-corrected chi connectivity index (χ4v) is 5.16. The molecule has 0 aliphatic rings. The average Bonchev–Trinajstić information content (AvgIpc) is 2.96. The van der Waals surface area contributed by atoms with Crippen LogP contribution in [0.4, 0.5) is 11.4 Å². The van der Waals surface area contributed by atoms with E-state index in [2.05, 4.69) is 15.8 Å². The van der Waals surface area contributed by atoms with Crippen LogP contribution in [0.15, 0.2) is 119 Å². The molecule has 0 aliphatic carbocycles. The van der Waals surface area contributed by atoms with Crippen molar-refractivity contribution in [3.05, 3.63) is 126 Å². The largest absolute Gasteiger partial charge is 0.322 e. The average molecular weight is 541 g/mol. The molecule has 4 rings (SSSR count). The number of nitrogens with zero attached hydrogens (tertiary/aromatic N) is 2. The van der Waals surface area contributed by atoms with Gasteiger partial charge in [-0.3, -0.25) is 13.9 Å². The van der Waals surface area contributed by atoms with Crippen molar-refractivity contribution in [2.24, 2.45) is 5.10 Å². The molecule has 8 nitrogen and oxygen atoms in total. The summed E-state index contributed by atoms with van der Waals surface area (Å²) in [6.07, 6.45) is 0. The molecular weight excluding hydrogens is 512 g/mol. The van der Waals surface area contributed by atoms with E-state index in [1.165, 1.54) is 12.1 Å². The lowest BCUT2D eigenvalue weighted by Crippen LogP contribution is -2.39. The third-order valence-electron chi connectivity index (χ3n) is 5.86. The summed E-state index contributed by atoms with van der Waals surface area (Å²) < 4.78 is 27.9. The van der Waals surface area contributed by atoms with Gasteiger partial charge in [0.2, 0.25) is 0 Å². The maximum absolute atomic E-state index is 13.4.